The van der Waals surface area contributed by atoms with Crippen LogP contribution in [0.1, 0.15) is 35.3 Å². The second kappa shape index (κ2) is 9.72. The van der Waals surface area contributed by atoms with Crippen molar-refractivity contribution in [2.24, 2.45) is 0 Å². The van der Waals surface area contributed by atoms with Gasteiger partial charge in [-0.2, -0.15) is 5.26 Å². The molecule has 0 N–H and O–H groups in total. The molecule has 0 atom stereocenters. The molecule has 0 saturated carbocycles. The Morgan fingerprint density at radius 3 is 2.23 bits per heavy atom. The van der Waals surface area contributed by atoms with Gasteiger partial charge in [-0.15, -0.1) is 0 Å². The van der Waals surface area contributed by atoms with Crippen LogP contribution in [0, 0.1) is 24.1 Å². The number of anilines is 1. The Kier molecular flexibility index (Phi) is 7.57. The summed E-state index contributed by atoms with van der Waals surface area (Å²) in [6, 6.07) is 10.8. The molecule has 1 heterocycles. The van der Waals surface area contributed by atoms with Crippen LogP contribution in [0.15, 0.2) is 41.3 Å². The molecule has 1 fully saturated rings. The number of rotatable bonds is 3. The fourth-order valence-electron chi connectivity index (χ4n) is 3.22. The van der Waals surface area contributed by atoms with Gasteiger partial charge >= 0.3 is 0 Å². The van der Waals surface area contributed by atoms with Crippen LogP contribution in [0.4, 0.5) is 10.1 Å². The van der Waals surface area contributed by atoms with E-state index in [-0.39, 0.29) is 16.4 Å². The highest BCUT2D eigenvalue weighted by Gasteiger charge is 2.25. The molecule has 0 radical (unpaired) electrons. The van der Waals surface area contributed by atoms with E-state index in [1.807, 2.05) is 24.8 Å². The van der Waals surface area contributed by atoms with Gasteiger partial charge in [0.2, 0.25) is 0 Å². The highest BCUT2D eigenvalue weighted by molar-refractivity contribution is 7.90. The van der Waals surface area contributed by atoms with Crippen molar-refractivity contribution in [2.45, 2.75) is 25.7 Å². The summed E-state index contributed by atoms with van der Waals surface area (Å²) in [6.07, 6.45) is 1.11. The third kappa shape index (κ3) is 5.16. The van der Waals surface area contributed by atoms with Gasteiger partial charge < -0.3 is 9.80 Å². The van der Waals surface area contributed by atoms with E-state index in [4.69, 9.17) is 5.26 Å². The lowest BCUT2D eigenvalue weighted by Crippen LogP contribution is -2.49. The molecule has 1 aliphatic rings. The van der Waals surface area contributed by atoms with Crippen molar-refractivity contribution in [3.63, 3.8) is 0 Å². The number of carbonyl (C=O) groups is 1. The molecule has 0 aliphatic carbocycles. The van der Waals surface area contributed by atoms with Crippen molar-refractivity contribution < 1.29 is 17.6 Å². The minimum Gasteiger partial charge on any atom is -0.366 e. The van der Waals surface area contributed by atoms with Crippen molar-refractivity contribution in [3.05, 3.63) is 58.9 Å². The summed E-state index contributed by atoms with van der Waals surface area (Å²) in [6.45, 7) is 7.43. The summed E-state index contributed by atoms with van der Waals surface area (Å²) < 4.78 is 37.8. The van der Waals surface area contributed by atoms with Crippen molar-refractivity contribution in [1.29, 1.82) is 5.26 Å². The van der Waals surface area contributed by atoms with Gasteiger partial charge in [0.05, 0.1) is 22.2 Å². The van der Waals surface area contributed by atoms with Crippen LogP contribution < -0.4 is 4.90 Å². The van der Waals surface area contributed by atoms with Crippen LogP contribution in [-0.2, 0) is 9.84 Å². The number of amides is 1. The van der Waals surface area contributed by atoms with E-state index in [2.05, 4.69) is 0 Å². The van der Waals surface area contributed by atoms with Gasteiger partial charge in [-0.3, -0.25) is 4.79 Å². The van der Waals surface area contributed by atoms with E-state index in [1.54, 1.807) is 30.0 Å². The predicted octanol–water partition coefficient (Wildman–Crippen LogP) is 3.40. The zero-order valence-corrected chi connectivity index (χ0v) is 18.5. The number of halogens is 1. The van der Waals surface area contributed by atoms with Gasteiger partial charge in [-0.1, -0.05) is 19.9 Å². The van der Waals surface area contributed by atoms with Crippen molar-refractivity contribution in [1.82, 2.24) is 4.90 Å². The second-order valence-corrected chi connectivity index (χ2v) is 8.82. The fraction of sp³-hybridized carbons (Fsp3) is 0.364. The van der Waals surface area contributed by atoms with Gasteiger partial charge in [-0.05, 0) is 42.8 Å². The first-order chi connectivity index (χ1) is 14.2. The van der Waals surface area contributed by atoms with Gasteiger partial charge in [0.25, 0.3) is 5.91 Å². The Labute approximate surface area is 177 Å². The Morgan fingerprint density at radius 1 is 1.07 bits per heavy atom. The number of aryl methyl sites for hydroxylation is 1. The van der Waals surface area contributed by atoms with E-state index >= 15 is 0 Å². The number of piperazine rings is 1. The van der Waals surface area contributed by atoms with E-state index in [9.17, 15) is 17.6 Å². The summed E-state index contributed by atoms with van der Waals surface area (Å²) >= 11 is 0. The standard InChI is InChI=1S/C20H20FN3O3S.C2H6/c1-14-3-5-16(28(2,26)27)12-17(14)20(25)24-9-7-23(8-10-24)19-6-4-15(13-22)11-18(19)21;1-2/h3-6,11-12H,7-10H2,1-2H3;1-2H3. The molecule has 0 bridgehead atoms. The number of hydrogen-bond donors (Lipinski definition) is 0. The molecule has 160 valence electrons. The predicted molar refractivity (Wildman–Crippen MR) is 115 cm³/mol. The lowest BCUT2D eigenvalue weighted by Gasteiger charge is -2.36. The van der Waals surface area contributed by atoms with Crippen molar-refractivity contribution in [3.8, 4) is 6.07 Å². The quantitative estimate of drug-likeness (QED) is 0.744. The summed E-state index contributed by atoms with van der Waals surface area (Å²) in [5.41, 5.74) is 1.73. The zero-order chi connectivity index (χ0) is 22.5. The lowest BCUT2D eigenvalue weighted by molar-refractivity contribution is 0.0745. The molecular formula is C22H26FN3O3S. The molecule has 0 unspecified atom stereocenters. The smallest absolute Gasteiger partial charge is 0.254 e. The fourth-order valence-corrected chi connectivity index (χ4v) is 3.86. The van der Waals surface area contributed by atoms with Crippen LogP contribution in [0.25, 0.3) is 0 Å². The molecule has 1 saturated heterocycles. The van der Waals surface area contributed by atoms with Crippen LogP contribution in [0.3, 0.4) is 0 Å². The Morgan fingerprint density at radius 2 is 1.70 bits per heavy atom. The maximum Gasteiger partial charge on any atom is 0.254 e. The normalized spacial score (nSPS) is 13.9. The summed E-state index contributed by atoms with van der Waals surface area (Å²) in [5, 5.41) is 8.85. The van der Waals surface area contributed by atoms with Crippen LogP contribution in [-0.4, -0.2) is 51.7 Å². The Bertz CT molecular complexity index is 1070. The lowest BCUT2D eigenvalue weighted by atomic mass is 10.1. The van der Waals surface area contributed by atoms with E-state index in [0.29, 0.717) is 43.0 Å². The first-order valence-electron chi connectivity index (χ1n) is 9.75. The van der Waals surface area contributed by atoms with Crippen LogP contribution in [0.5, 0.6) is 0 Å². The number of sulfone groups is 1. The number of hydrogen-bond acceptors (Lipinski definition) is 5. The van der Waals surface area contributed by atoms with Gasteiger partial charge in [0.1, 0.15) is 5.82 Å². The number of benzene rings is 2. The Hall–Kier alpha value is -2.92. The minimum atomic E-state index is -3.41. The molecule has 1 aliphatic heterocycles. The molecule has 0 spiro atoms. The van der Waals surface area contributed by atoms with E-state index in [0.717, 1.165) is 6.26 Å². The first kappa shape index (κ1) is 23.4. The maximum absolute atomic E-state index is 14.2. The minimum absolute atomic E-state index is 0.111. The molecule has 8 heteroatoms. The number of carbonyl (C=O) groups excluding carboxylic acids is 1. The SMILES string of the molecule is CC.Cc1ccc(S(C)(=O)=O)cc1C(=O)N1CCN(c2ccc(C#N)cc2F)CC1. The number of nitriles is 1. The largest absolute Gasteiger partial charge is 0.366 e. The van der Waals surface area contributed by atoms with Crippen molar-refractivity contribution in [2.75, 3.05) is 37.3 Å². The summed E-state index contributed by atoms with van der Waals surface area (Å²) in [5.74, 6) is -0.696. The third-order valence-corrected chi connectivity index (χ3v) is 5.96. The highest BCUT2D eigenvalue weighted by atomic mass is 32.2. The Balaban J connectivity index is 0.00000155. The monoisotopic (exact) mass is 431 g/mol. The third-order valence-electron chi connectivity index (χ3n) is 4.85. The van der Waals surface area contributed by atoms with Crippen LogP contribution in [0.2, 0.25) is 0 Å². The average Bonchev–Trinajstić information content (AvgIpc) is 2.74. The molecule has 6 nitrogen and oxygen atoms in total. The zero-order valence-electron chi connectivity index (χ0n) is 17.6. The topological polar surface area (TPSA) is 81.5 Å². The summed E-state index contributed by atoms with van der Waals surface area (Å²) in [4.78, 5) is 16.5. The maximum atomic E-state index is 14.2. The second-order valence-electron chi connectivity index (χ2n) is 6.81. The average molecular weight is 432 g/mol. The molecule has 2 aromatic carbocycles. The summed E-state index contributed by atoms with van der Waals surface area (Å²) in [7, 11) is -3.41. The molecule has 30 heavy (non-hydrogen) atoms. The van der Waals surface area contributed by atoms with Crippen LogP contribution >= 0.6 is 0 Å². The van der Waals surface area contributed by atoms with Gasteiger partial charge in [0.15, 0.2) is 9.84 Å². The van der Waals surface area contributed by atoms with E-state index in [1.165, 1.54) is 18.2 Å². The van der Waals surface area contributed by atoms with Gasteiger partial charge in [0, 0.05) is 38.0 Å². The molecule has 1 amide bonds. The molecule has 2 aromatic rings. The highest BCUT2D eigenvalue weighted by Crippen LogP contribution is 2.23. The van der Waals surface area contributed by atoms with Crippen molar-refractivity contribution >= 4 is 21.4 Å². The molecule has 0 aromatic heterocycles. The molecule has 3 rings (SSSR count). The first-order valence-corrected chi connectivity index (χ1v) is 11.6. The van der Waals surface area contributed by atoms with E-state index < -0.39 is 15.7 Å². The molecular weight excluding hydrogens is 405 g/mol. The number of nitrogens with zero attached hydrogens (tertiary/aromatic N) is 3. The van der Waals surface area contributed by atoms with Gasteiger partial charge in [-0.25, -0.2) is 12.8 Å².